The van der Waals surface area contributed by atoms with E-state index in [1.807, 2.05) is 6.92 Å². The van der Waals surface area contributed by atoms with E-state index in [0.29, 0.717) is 15.6 Å². The van der Waals surface area contributed by atoms with Crippen molar-refractivity contribution in [1.82, 2.24) is 10.2 Å². The third kappa shape index (κ3) is 7.12. The fourth-order valence-corrected chi connectivity index (χ4v) is 6.06. The fourth-order valence-electron chi connectivity index (χ4n) is 3.67. The molecule has 0 fully saturated rings. The zero-order valence-corrected chi connectivity index (χ0v) is 24.6. The summed E-state index contributed by atoms with van der Waals surface area (Å²) in [6.45, 7) is 2.65. The van der Waals surface area contributed by atoms with Crippen molar-refractivity contribution in [2.45, 2.75) is 31.3 Å². The Hall–Kier alpha value is -2.49. The third-order valence-electron chi connectivity index (χ3n) is 5.79. The first-order valence-electron chi connectivity index (χ1n) is 11.3. The Kier molecular flexibility index (Phi) is 9.95. The summed E-state index contributed by atoms with van der Waals surface area (Å²) in [6, 6.07) is 14.3. The maximum absolute atomic E-state index is 13.8. The lowest BCUT2D eigenvalue weighted by Crippen LogP contribution is -2.50. The minimum atomic E-state index is -4.25. The van der Waals surface area contributed by atoms with Crippen molar-refractivity contribution in [2.24, 2.45) is 0 Å². The predicted octanol–water partition coefficient (Wildman–Crippen LogP) is 5.97. The van der Waals surface area contributed by atoms with Gasteiger partial charge in [0.2, 0.25) is 11.8 Å². The van der Waals surface area contributed by atoms with Gasteiger partial charge in [-0.3, -0.25) is 13.9 Å². The molecule has 7 nitrogen and oxygen atoms in total. The second-order valence-electron chi connectivity index (χ2n) is 8.50. The van der Waals surface area contributed by atoms with E-state index in [-0.39, 0.29) is 27.2 Å². The summed E-state index contributed by atoms with van der Waals surface area (Å²) in [7, 11) is -2.80. The highest BCUT2D eigenvalue weighted by molar-refractivity contribution is 7.92. The summed E-state index contributed by atoms with van der Waals surface area (Å²) in [4.78, 5) is 27.6. The maximum Gasteiger partial charge on any atom is 0.264 e. The van der Waals surface area contributed by atoms with Crippen LogP contribution >= 0.6 is 46.4 Å². The number of hydrogen-bond acceptors (Lipinski definition) is 4. The number of rotatable bonds is 9. The van der Waals surface area contributed by atoms with Crippen molar-refractivity contribution >= 4 is 73.9 Å². The zero-order chi connectivity index (χ0) is 28.2. The average Bonchev–Trinajstić information content (AvgIpc) is 2.85. The van der Waals surface area contributed by atoms with Crippen molar-refractivity contribution in [3.8, 4) is 0 Å². The number of hydrogen-bond donors (Lipinski definition) is 1. The van der Waals surface area contributed by atoms with Crippen LogP contribution in [-0.4, -0.2) is 44.8 Å². The number of nitrogens with one attached hydrogen (secondary N) is 1. The lowest BCUT2D eigenvalue weighted by atomic mass is 10.1. The van der Waals surface area contributed by atoms with Crippen LogP contribution in [0.4, 0.5) is 5.69 Å². The molecule has 202 valence electrons. The Morgan fingerprint density at radius 1 is 0.895 bits per heavy atom. The molecule has 1 N–H and O–H groups in total. The Balaban J connectivity index is 2.08. The number of carbonyl (C=O) groups excluding carboxylic acids is 2. The number of carbonyl (C=O) groups is 2. The topological polar surface area (TPSA) is 86.8 Å². The molecular weight excluding hydrogens is 592 g/mol. The number of sulfonamides is 1. The van der Waals surface area contributed by atoms with Gasteiger partial charge in [-0.05, 0) is 61.9 Å². The van der Waals surface area contributed by atoms with E-state index >= 15 is 0 Å². The second-order valence-corrected chi connectivity index (χ2v) is 12.1. The predicted molar refractivity (Wildman–Crippen MR) is 153 cm³/mol. The van der Waals surface area contributed by atoms with Gasteiger partial charge in [-0.2, -0.15) is 0 Å². The highest BCUT2D eigenvalue weighted by atomic mass is 35.5. The van der Waals surface area contributed by atoms with E-state index in [2.05, 4.69) is 5.32 Å². The largest absolute Gasteiger partial charge is 0.357 e. The summed E-state index contributed by atoms with van der Waals surface area (Å²) >= 11 is 24.7. The summed E-state index contributed by atoms with van der Waals surface area (Å²) < 4.78 is 28.5. The number of anilines is 1. The molecule has 3 rings (SSSR count). The fraction of sp³-hybridized carbons (Fsp3) is 0.231. The van der Waals surface area contributed by atoms with Gasteiger partial charge in [-0.15, -0.1) is 0 Å². The molecule has 0 bridgehead atoms. The van der Waals surface area contributed by atoms with Gasteiger partial charge in [0.15, 0.2) is 0 Å². The highest BCUT2D eigenvalue weighted by Gasteiger charge is 2.33. The van der Waals surface area contributed by atoms with Crippen molar-refractivity contribution in [2.75, 3.05) is 17.9 Å². The molecule has 0 aromatic heterocycles. The Morgan fingerprint density at radius 2 is 1.50 bits per heavy atom. The first-order valence-corrected chi connectivity index (χ1v) is 14.3. The number of halogens is 4. The third-order valence-corrected chi connectivity index (χ3v) is 8.60. The van der Waals surface area contributed by atoms with E-state index in [4.69, 9.17) is 46.4 Å². The van der Waals surface area contributed by atoms with Crippen molar-refractivity contribution < 1.29 is 18.0 Å². The van der Waals surface area contributed by atoms with Gasteiger partial charge in [0.25, 0.3) is 10.0 Å². The van der Waals surface area contributed by atoms with Crippen molar-refractivity contribution in [3.63, 3.8) is 0 Å². The van der Waals surface area contributed by atoms with Crippen LogP contribution in [0.25, 0.3) is 0 Å². The normalized spacial score (nSPS) is 12.1. The molecule has 0 saturated carbocycles. The number of aryl methyl sites for hydroxylation is 1. The lowest BCUT2D eigenvalue weighted by Gasteiger charge is -2.32. The molecule has 0 unspecified atom stereocenters. The van der Waals surface area contributed by atoms with E-state index in [0.717, 1.165) is 9.87 Å². The van der Waals surface area contributed by atoms with Crippen LogP contribution in [0.5, 0.6) is 0 Å². The molecule has 38 heavy (non-hydrogen) atoms. The molecule has 3 aromatic carbocycles. The Bertz CT molecular complexity index is 1430. The van der Waals surface area contributed by atoms with Crippen LogP contribution in [0.15, 0.2) is 65.6 Å². The maximum atomic E-state index is 13.8. The standard InChI is InChI=1S/C26H25Cl4N3O4S/c1-16-4-8-23(9-5-16)38(36,37)33(22-11-20(28)10-21(29)12-22)15-25(34)32(17(2)26(35)31-3)14-18-6-7-19(27)13-24(18)30/h4-13,17H,14-15H2,1-3H3,(H,31,35)/t17-/m0/s1. The Morgan fingerprint density at radius 3 is 2.05 bits per heavy atom. The van der Waals surface area contributed by atoms with Gasteiger partial charge in [0.1, 0.15) is 12.6 Å². The van der Waals surface area contributed by atoms with E-state index in [1.165, 1.54) is 55.3 Å². The number of nitrogens with zero attached hydrogens (tertiary/aromatic N) is 2. The molecule has 0 spiro atoms. The number of amides is 2. The zero-order valence-electron chi connectivity index (χ0n) is 20.7. The minimum Gasteiger partial charge on any atom is -0.357 e. The molecule has 0 saturated heterocycles. The molecular formula is C26H25Cl4N3O4S. The SMILES string of the molecule is CNC(=O)[C@H](C)N(Cc1ccc(Cl)cc1Cl)C(=O)CN(c1cc(Cl)cc(Cl)c1)S(=O)(=O)c1ccc(C)cc1. The van der Waals surface area contributed by atoms with Gasteiger partial charge in [-0.1, -0.05) is 70.2 Å². The van der Waals surface area contributed by atoms with Gasteiger partial charge in [-0.25, -0.2) is 8.42 Å². The molecule has 1 atom stereocenters. The quantitative estimate of drug-likeness (QED) is 0.321. The van der Waals surface area contributed by atoms with Crippen LogP contribution in [0.3, 0.4) is 0 Å². The van der Waals surface area contributed by atoms with Crippen molar-refractivity contribution in [1.29, 1.82) is 0 Å². The number of benzene rings is 3. The van der Waals surface area contributed by atoms with Gasteiger partial charge < -0.3 is 10.2 Å². The van der Waals surface area contributed by atoms with Crippen LogP contribution in [0.2, 0.25) is 20.1 Å². The van der Waals surface area contributed by atoms with Gasteiger partial charge in [0.05, 0.1) is 10.6 Å². The summed E-state index contributed by atoms with van der Waals surface area (Å²) in [5.41, 5.74) is 1.48. The minimum absolute atomic E-state index is 0.0290. The summed E-state index contributed by atoms with van der Waals surface area (Å²) in [6.07, 6.45) is 0. The Labute approximate surface area is 242 Å². The van der Waals surface area contributed by atoms with E-state index in [9.17, 15) is 18.0 Å². The molecule has 0 radical (unpaired) electrons. The van der Waals surface area contributed by atoms with E-state index < -0.39 is 34.4 Å². The average molecular weight is 617 g/mol. The lowest BCUT2D eigenvalue weighted by molar-refractivity contribution is -0.139. The van der Waals surface area contributed by atoms with Gasteiger partial charge in [0, 0.05) is 33.7 Å². The molecule has 2 amide bonds. The molecule has 0 aliphatic rings. The monoisotopic (exact) mass is 615 g/mol. The van der Waals surface area contributed by atoms with Gasteiger partial charge >= 0.3 is 0 Å². The molecule has 0 aliphatic carbocycles. The second kappa shape index (κ2) is 12.6. The molecule has 0 heterocycles. The number of likely N-dealkylation sites (N-methyl/N-ethyl adjacent to an activating group) is 1. The van der Waals surface area contributed by atoms with Crippen LogP contribution in [0.1, 0.15) is 18.1 Å². The molecule has 3 aromatic rings. The smallest absolute Gasteiger partial charge is 0.264 e. The van der Waals surface area contributed by atoms with Crippen LogP contribution in [-0.2, 0) is 26.2 Å². The molecule has 12 heteroatoms. The van der Waals surface area contributed by atoms with Crippen LogP contribution in [0, 0.1) is 6.92 Å². The first-order chi connectivity index (χ1) is 17.8. The van der Waals surface area contributed by atoms with Crippen molar-refractivity contribution in [3.05, 3.63) is 91.9 Å². The first kappa shape index (κ1) is 30.1. The van der Waals surface area contributed by atoms with E-state index in [1.54, 1.807) is 24.3 Å². The summed E-state index contributed by atoms with van der Waals surface area (Å²) in [5, 5.41) is 3.60. The van der Waals surface area contributed by atoms with Crippen LogP contribution < -0.4 is 9.62 Å². The molecule has 0 aliphatic heterocycles. The highest BCUT2D eigenvalue weighted by Crippen LogP contribution is 2.30. The summed E-state index contributed by atoms with van der Waals surface area (Å²) in [5.74, 6) is -1.10.